The van der Waals surface area contributed by atoms with Crippen LogP contribution < -0.4 is 5.32 Å². The summed E-state index contributed by atoms with van der Waals surface area (Å²) in [7, 11) is 2.06. The normalized spacial score (nSPS) is 19.5. The highest BCUT2D eigenvalue weighted by Crippen LogP contribution is 2.40. The molecule has 1 heterocycles. The first-order valence-electron chi connectivity index (χ1n) is 4.17. The second-order valence-corrected chi connectivity index (χ2v) is 5.25. The monoisotopic (exact) mass is 245 g/mol. The van der Waals surface area contributed by atoms with Crippen molar-refractivity contribution in [2.24, 2.45) is 0 Å². The molecule has 0 spiro atoms. The third kappa shape index (κ3) is 1.58. The van der Waals surface area contributed by atoms with Crippen LogP contribution in [0.3, 0.4) is 0 Å². The quantitative estimate of drug-likeness (QED) is 0.864. The van der Waals surface area contributed by atoms with Gasteiger partial charge in [0.1, 0.15) is 0 Å². The van der Waals surface area contributed by atoms with Gasteiger partial charge in [0.05, 0.1) is 0 Å². The number of likely N-dealkylation sites (N-methyl/N-ethyl adjacent to an activating group) is 1. The summed E-state index contributed by atoms with van der Waals surface area (Å²) in [6.45, 7) is 0. The Hall–Kier alpha value is 0.140. The zero-order valence-corrected chi connectivity index (χ0v) is 9.46. The summed E-state index contributed by atoms with van der Waals surface area (Å²) in [5.41, 5.74) is 0.438. The summed E-state index contributed by atoms with van der Waals surface area (Å²) in [6, 6.07) is 2.13. The predicted octanol–water partition coefficient (Wildman–Crippen LogP) is 2.81. The molecule has 0 aromatic carbocycles. The standard InChI is InChI=1S/C9H12BrNS/c1-11-9(3-4-9)6-8-7(10)2-5-12-8/h2,5,11H,3-4,6H2,1H3. The Labute approximate surface area is 85.3 Å². The molecule has 1 aliphatic carbocycles. The molecule has 1 aliphatic rings. The third-order valence-corrected chi connectivity index (χ3v) is 4.50. The van der Waals surface area contributed by atoms with Crippen molar-refractivity contribution in [1.82, 2.24) is 5.32 Å². The highest BCUT2D eigenvalue weighted by Gasteiger charge is 2.41. The van der Waals surface area contributed by atoms with Gasteiger partial charge in [0.15, 0.2) is 0 Å². The van der Waals surface area contributed by atoms with E-state index in [0.717, 1.165) is 0 Å². The lowest BCUT2D eigenvalue weighted by molar-refractivity contribution is 0.552. The van der Waals surface area contributed by atoms with Crippen molar-refractivity contribution in [3.63, 3.8) is 0 Å². The number of nitrogens with one attached hydrogen (secondary N) is 1. The SMILES string of the molecule is CNC1(Cc2sccc2Br)CC1. The van der Waals surface area contributed by atoms with Gasteiger partial charge < -0.3 is 5.32 Å². The molecule has 1 saturated carbocycles. The van der Waals surface area contributed by atoms with Crippen LogP contribution in [-0.2, 0) is 6.42 Å². The lowest BCUT2D eigenvalue weighted by atomic mass is 10.1. The second-order valence-electron chi connectivity index (χ2n) is 3.40. The Morgan fingerprint density at radius 3 is 2.83 bits per heavy atom. The average molecular weight is 246 g/mol. The number of thiophene rings is 1. The molecule has 1 N–H and O–H groups in total. The first-order valence-corrected chi connectivity index (χ1v) is 5.84. The van der Waals surface area contributed by atoms with Crippen molar-refractivity contribution >= 4 is 27.3 Å². The van der Waals surface area contributed by atoms with Crippen molar-refractivity contribution < 1.29 is 0 Å². The van der Waals surface area contributed by atoms with Gasteiger partial charge in [-0.15, -0.1) is 11.3 Å². The molecule has 0 saturated heterocycles. The first-order chi connectivity index (χ1) is 5.76. The summed E-state index contributed by atoms with van der Waals surface area (Å²) >= 11 is 5.40. The van der Waals surface area contributed by atoms with E-state index in [1.165, 1.54) is 28.6 Å². The number of halogens is 1. The third-order valence-electron chi connectivity index (χ3n) is 2.57. The van der Waals surface area contributed by atoms with Crippen molar-refractivity contribution in [2.75, 3.05) is 7.05 Å². The maximum atomic E-state index is 3.56. The van der Waals surface area contributed by atoms with E-state index in [1.807, 2.05) is 11.3 Å². The first kappa shape index (κ1) is 8.73. The molecule has 1 aromatic heterocycles. The molecule has 1 nitrogen and oxygen atoms in total. The van der Waals surface area contributed by atoms with E-state index >= 15 is 0 Å². The zero-order valence-electron chi connectivity index (χ0n) is 7.06. The number of rotatable bonds is 3. The molecule has 0 radical (unpaired) electrons. The molecule has 2 rings (SSSR count). The Balaban J connectivity index is 2.08. The van der Waals surface area contributed by atoms with E-state index in [2.05, 4.69) is 39.7 Å². The van der Waals surface area contributed by atoms with E-state index in [4.69, 9.17) is 0 Å². The lowest BCUT2D eigenvalue weighted by Gasteiger charge is -2.12. The lowest BCUT2D eigenvalue weighted by Crippen LogP contribution is -2.29. The van der Waals surface area contributed by atoms with Gasteiger partial charge in [0.25, 0.3) is 0 Å². The Bertz CT molecular complexity index is 278. The fraction of sp³-hybridized carbons (Fsp3) is 0.556. The average Bonchev–Trinajstić information content (AvgIpc) is 2.74. The van der Waals surface area contributed by atoms with Crippen LogP contribution in [0.15, 0.2) is 15.9 Å². The molecule has 1 fully saturated rings. The summed E-state index contributed by atoms with van der Waals surface area (Å²) in [5, 5.41) is 5.55. The minimum atomic E-state index is 0.438. The Morgan fingerprint density at radius 2 is 2.42 bits per heavy atom. The van der Waals surface area contributed by atoms with Crippen LogP contribution in [0.25, 0.3) is 0 Å². The fourth-order valence-electron chi connectivity index (χ4n) is 1.42. The molecule has 0 amide bonds. The zero-order chi connectivity index (χ0) is 8.60. The maximum Gasteiger partial charge on any atom is 0.0315 e. The molecule has 3 heteroatoms. The second kappa shape index (κ2) is 3.13. The van der Waals surface area contributed by atoms with Crippen LogP contribution in [0.5, 0.6) is 0 Å². The molecular formula is C9H12BrNS. The van der Waals surface area contributed by atoms with Gasteiger partial charge in [-0.2, -0.15) is 0 Å². The summed E-state index contributed by atoms with van der Waals surface area (Å²) in [5.74, 6) is 0. The Morgan fingerprint density at radius 1 is 1.67 bits per heavy atom. The van der Waals surface area contributed by atoms with E-state index < -0.39 is 0 Å². The van der Waals surface area contributed by atoms with Gasteiger partial charge in [0.2, 0.25) is 0 Å². The van der Waals surface area contributed by atoms with Crippen LogP contribution in [-0.4, -0.2) is 12.6 Å². The van der Waals surface area contributed by atoms with E-state index in [0.29, 0.717) is 5.54 Å². The van der Waals surface area contributed by atoms with Crippen LogP contribution in [0.2, 0.25) is 0 Å². The highest BCUT2D eigenvalue weighted by atomic mass is 79.9. The molecule has 0 aliphatic heterocycles. The van der Waals surface area contributed by atoms with E-state index in [1.54, 1.807) is 0 Å². The van der Waals surface area contributed by atoms with Crippen molar-refractivity contribution in [3.8, 4) is 0 Å². The number of hydrogen-bond acceptors (Lipinski definition) is 2. The van der Waals surface area contributed by atoms with Gasteiger partial charge in [0, 0.05) is 21.3 Å². The summed E-state index contributed by atoms with van der Waals surface area (Å²) < 4.78 is 1.27. The van der Waals surface area contributed by atoms with Crippen LogP contribution >= 0.6 is 27.3 Å². The molecule has 1 aromatic rings. The van der Waals surface area contributed by atoms with Crippen molar-refractivity contribution in [2.45, 2.75) is 24.8 Å². The minimum absolute atomic E-state index is 0.438. The molecule has 12 heavy (non-hydrogen) atoms. The molecular weight excluding hydrogens is 234 g/mol. The van der Waals surface area contributed by atoms with Crippen LogP contribution in [0.4, 0.5) is 0 Å². The van der Waals surface area contributed by atoms with Crippen molar-refractivity contribution in [3.05, 3.63) is 20.8 Å². The largest absolute Gasteiger partial charge is 0.314 e. The van der Waals surface area contributed by atoms with Gasteiger partial charge >= 0.3 is 0 Å². The van der Waals surface area contributed by atoms with Gasteiger partial charge in [-0.25, -0.2) is 0 Å². The van der Waals surface area contributed by atoms with E-state index in [-0.39, 0.29) is 0 Å². The topological polar surface area (TPSA) is 12.0 Å². The smallest absolute Gasteiger partial charge is 0.0315 e. The maximum absolute atomic E-state index is 3.56. The molecule has 66 valence electrons. The molecule has 0 atom stereocenters. The van der Waals surface area contributed by atoms with Gasteiger partial charge in [-0.05, 0) is 47.3 Å². The van der Waals surface area contributed by atoms with Crippen molar-refractivity contribution in [1.29, 1.82) is 0 Å². The summed E-state index contributed by atoms with van der Waals surface area (Å²) in [4.78, 5) is 1.47. The van der Waals surface area contributed by atoms with E-state index in [9.17, 15) is 0 Å². The van der Waals surface area contributed by atoms with Gasteiger partial charge in [-0.3, -0.25) is 0 Å². The van der Waals surface area contributed by atoms with Crippen LogP contribution in [0.1, 0.15) is 17.7 Å². The Kier molecular flexibility index (Phi) is 2.27. The number of hydrogen-bond donors (Lipinski definition) is 1. The van der Waals surface area contributed by atoms with Crippen LogP contribution in [0, 0.1) is 0 Å². The molecule has 0 unspecified atom stereocenters. The fourth-order valence-corrected chi connectivity index (χ4v) is 3.06. The molecule has 0 bridgehead atoms. The highest BCUT2D eigenvalue weighted by molar-refractivity contribution is 9.10. The predicted molar refractivity (Wildman–Crippen MR) is 56.7 cm³/mol. The summed E-state index contributed by atoms with van der Waals surface area (Å²) in [6.07, 6.45) is 3.84. The minimum Gasteiger partial charge on any atom is -0.314 e. The van der Waals surface area contributed by atoms with Gasteiger partial charge in [-0.1, -0.05) is 0 Å².